The topological polar surface area (TPSA) is 128 Å². The van der Waals surface area contributed by atoms with Crippen molar-refractivity contribution in [2.24, 2.45) is 0 Å². The number of nitrogens with zero attached hydrogens (tertiary/aromatic N) is 1. The van der Waals surface area contributed by atoms with Crippen molar-refractivity contribution in [1.29, 1.82) is 0 Å². The SMILES string of the molecule is COC(=O)c1cc(NC(=O)COc2ccc(N(Cc3ccccc3)S(=O)(=O)c3ccc(C)cc3)cc2)cc(C(=O)OC)c1. The van der Waals surface area contributed by atoms with Gasteiger partial charge in [0.2, 0.25) is 0 Å². The molecule has 0 radical (unpaired) electrons. The summed E-state index contributed by atoms with van der Waals surface area (Å²) in [6.45, 7) is 1.60. The molecule has 10 nitrogen and oxygen atoms in total. The van der Waals surface area contributed by atoms with Crippen molar-refractivity contribution in [2.45, 2.75) is 18.4 Å². The maximum absolute atomic E-state index is 13.7. The van der Waals surface area contributed by atoms with Crippen LogP contribution >= 0.6 is 0 Å². The number of aryl methyl sites for hydroxylation is 1. The van der Waals surface area contributed by atoms with Gasteiger partial charge in [-0.2, -0.15) is 0 Å². The van der Waals surface area contributed by atoms with E-state index in [1.165, 1.54) is 36.7 Å². The molecule has 0 aliphatic rings. The van der Waals surface area contributed by atoms with Crippen LogP contribution in [0.1, 0.15) is 31.8 Å². The molecule has 43 heavy (non-hydrogen) atoms. The zero-order chi connectivity index (χ0) is 31.0. The summed E-state index contributed by atoms with van der Waals surface area (Å²) in [6, 6.07) is 26.3. The second kappa shape index (κ2) is 13.7. The van der Waals surface area contributed by atoms with Crippen molar-refractivity contribution in [3.8, 4) is 5.75 Å². The van der Waals surface area contributed by atoms with Crippen LogP contribution in [-0.4, -0.2) is 47.1 Å². The first-order chi connectivity index (χ1) is 20.6. The summed E-state index contributed by atoms with van der Waals surface area (Å²) in [6.07, 6.45) is 0. The van der Waals surface area contributed by atoms with E-state index >= 15 is 0 Å². The highest BCUT2D eigenvalue weighted by atomic mass is 32.2. The van der Waals surface area contributed by atoms with Crippen LogP contribution in [0, 0.1) is 6.92 Å². The molecular formula is C32H30N2O8S. The molecule has 0 aliphatic heterocycles. The molecule has 0 spiro atoms. The number of ether oxygens (including phenoxy) is 3. The van der Waals surface area contributed by atoms with E-state index in [0.717, 1.165) is 11.1 Å². The normalized spacial score (nSPS) is 10.9. The molecule has 0 unspecified atom stereocenters. The van der Waals surface area contributed by atoms with Gasteiger partial charge in [0.15, 0.2) is 6.61 Å². The predicted molar refractivity (Wildman–Crippen MR) is 161 cm³/mol. The number of hydrogen-bond donors (Lipinski definition) is 1. The lowest BCUT2D eigenvalue weighted by Gasteiger charge is -2.25. The summed E-state index contributed by atoms with van der Waals surface area (Å²) < 4.78 is 43.7. The molecule has 4 aromatic carbocycles. The number of carbonyl (C=O) groups excluding carboxylic acids is 3. The first kappa shape index (κ1) is 30.8. The van der Waals surface area contributed by atoms with E-state index < -0.39 is 34.5 Å². The number of anilines is 2. The molecule has 0 aromatic heterocycles. The molecule has 222 valence electrons. The number of methoxy groups -OCH3 is 2. The van der Waals surface area contributed by atoms with Gasteiger partial charge < -0.3 is 19.5 Å². The molecule has 0 saturated heterocycles. The van der Waals surface area contributed by atoms with Crippen molar-refractivity contribution in [3.05, 3.63) is 119 Å². The molecule has 11 heteroatoms. The average Bonchev–Trinajstić information content (AvgIpc) is 3.02. The van der Waals surface area contributed by atoms with Gasteiger partial charge in [0.1, 0.15) is 5.75 Å². The quantitative estimate of drug-likeness (QED) is 0.238. The van der Waals surface area contributed by atoms with Crippen LogP contribution in [0.5, 0.6) is 5.75 Å². The van der Waals surface area contributed by atoms with Gasteiger partial charge in [0, 0.05) is 5.69 Å². The lowest BCUT2D eigenvalue weighted by atomic mass is 10.1. The number of carbonyl (C=O) groups is 3. The van der Waals surface area contributed by atoms with E-state index in [2.05, 4.69) is 5.32 Å². The first-order valence-electron chi connectivity index (χ1n) is 13.1. The Kier molecular flexibility index (Phi) is 9.79. The summed E-state index contributed by atoms with van der Waals surface area (Å²) in [5.41, 5.74) is 2.44. The average molecular weight is 603 g/mol. The van der Waals surface area contributed by atoms with E-state index in [9.17, 15) is 22.8 Å². The summed E-state index contributed by atoms with van der Waals surface area (Å²) >= 11 is 0. The number of benzene rings is 4. The zero-order valence-corrected chi connectivity index (χ0v) is 24.6. The Bertz CT molecular complexity index is 1670. The van der Waals surface area contributed by atoms with E-state index in [0.29, 0.717) is 11.4 Å². The van der Waals surface area contributed by atoms with E-state index in [4.69, 9.17) is 14.2 Å². The number of rotatable bonds is 11. The van der Waals surface area contributed by atoms with Gasteiger partial charge in [-0.15, -0.1) is 0 Å². The van der Waals surface area contributed by atoms with E-state index in [1.54, 1.807) is 48.5 Å². The Hall–Kier alpha value is -5.16. The first-order valence-corrected chi connectivity index (χ1v) is 14.5. The van der Waals surface area contributed by atoms with Crippen LogP contribution in [0.2, 0.25) is 0 Å². The Morgan fingerprint density at radius 2 is 1.35 bits per heavy atom. The van der Waals surface area contributed by atoms with Crippen molar-refractivity contribution in [3.63, 3.8) is 0 Å². The Labute approximate surface area is 249 Å². The monoisotopic (exact) mass is 602 g/mol. The third kappa shape index (κ3) is 7.77. The van der Waals surface area contributed by atoms with Gasteiger partial charge in [-0.25, -0.2) is 18.0 Å². The lowest BCUT2D eigenvalue weighted by molar-refractivity contribution is -0.118. The standard InChI is InChI=1S/C32H30N2O8S/c1-22-9-15-29(16-10-22)43(38,39)34(20-23-7-5-4-6-8-23)27-11-13-28(14-12-27)42-21-30(35)33-26-18-24(31(36)40-2)17-25(19-26)32(37)41-3/h4-19H,20-21H2,1-3H3,(H,33,35). The maximum atomic E-state index is 13.7. The van der Waals surface area contributed by atoms with Gasteiger partial charge in [0.05, 0.1) is 42.5 Å². The van der Waals surface area contributed by atoms with Gasteiger partial charge in [-0.1, -0.05) is 48.0 Å². The van der Waals surface area contributed by atoms with Gasteiger partial charge >= 0.3 is 11.9 Å². The minimum absolute atomic E-state index is 0.0536. The fourth-order valence-corrected chi connectivity index (χ4v) is 5.58. The summed E-state index contributed by atoms with van der Waals surface area (Å²) in [4.78, 5) is 36.8. The van der Waals surface area contributed by atoms with Crippen LogP contribution in [0.25, 0.3) is 0 Å². The van der Waals surface area contributed by atoms with Crippen LogP contribution < -0.4 is 14.4 Å². The highest BCUT2D eigenvalue weighted by Crippen LogP contribution is 2.28. The number of amides is 1. The van der Waals surface area contributed by atoms with Gasteiger partial charge in [-0.3, -0.25) is 9.10 Å². The molecule has 0 aliphatic carbocycles. The molecule has 4 aromatic rings. The third-order valence-corrected chi connectivity index (χ3v) is 8.12. The summed E-state index contributed by atoms with van der Waals surface area (Å²) in [5, 5.41) is 2.58. The summed E-state index contributed by atoms with van der Waals surface area (Å²) in [7, 11) is -1.51. The Balaban J connectivity index is 1.49. The van der Waals surface area contributed by atoms with Gasteiger partial charge in [-0.05, 0) is 67.1 Å². The number of sulfonamides is 1. The predicted octanol–water partition coefficient (Wildman–Crippen LogP) is 4.98. The second-order valence-electron chi connectivity index (χ2n) is 9.42. The Morgan fingerprint density at radius 1 is 0.767 bits per heavy atom. The van der Waals surface area contributed by atoms with Crippen LogP contribution in [0.3, 0.4) is 0 Å². The van der Waals surface area contributed by atoms with Crippen LogP contribution in [-0.2, 0) is 30.8 Å². The van der Waals surface area contributed by atoms with Crippen LogP contribution in [0.4, 0.5) is 11.4 Å². The van der Waals surface area contributed by atoms with Gasteiger partial charge in [0.25, 0.3) is 15.9 Å². The minimum atomic E-state index is -3.90. The molecule has 0 heterocycles. The molecule has 0 atom stereocenters. The molecular weight excluding hydrogens is 572 g/mol. The van der Waals surface area contributed by atoms with Crippen LogP contribution in [0.15, 0.2) is 102 Å². The van der Waals surface area contributed by atoms with Crippen molar-refractivity contribution >= 4 is 39.2 Å². The lowest BCUT2D eigenvalue weighted by Crippen LogP contribution is -2.30. The molecule has 0 bridgehead atoms. The number of nitrogens with one attached hydrogen (secondary N) is 1. The molecule has 0 saturated carbocycles. The maximum Gasteiger partial charge on any atom is 0.337 e. The zero-order valence-electron chi connectivity index (χ0n) is 23.8. The third-order valence-electron chi connectivity index (χ3n) is 6.33. The Morgan fingerprint density at radius 3 is 1.91 bits per heavy atom. The number of hydrogen-bond acceptors (Lipinski definition) is 8. The smallest absolute Gasteiger partial charge is 0.337 e. The molecule has 1 N–H and O–H groups in total. The van der Waals surface area contributed by atoms with Crippen molar-refractivity contribution < 1.29 is 37.0 Å². The fourth-order valence-electron chi connectivity index (χ4n) is 4.13. The molecule has 1 amide bonds. The largest absolute Gasteiger partial charge is 0.484 e. The van der Waals surface area contributed by atoms with Crippen molar-refractivity contribution in [2.75, 3.05) is 30.4 Å². The number of esters is 2. The molecule has 0 fully saturated rings. The fraction of sp³-hybridized carbons (Fsp3) is 0.156. The van der Waals surface area contributed by atoms with E-state index in [1.807, 2.05) is 37.3 Å². The molecule has 4 rings (SSSR count). The highest BCUT2D eigenvalue weighted by molar-refractivity contribution is 7.92. The van der Waals surface area contributed by atoms with Crippen molar-refractivity contribution in [1.82, 2.24) is 0 Å². The summed E-state index contributed by atoms with van der Waals surface area (Å²) in [5.74, 6) is -1.62. The van der Waals surface area contributed by atoms with E-state index in [-0.39, 0.29) is 28.3 Å². The second-order valence-corrected chi connectivity index (χ2v) is 11.3. The minimum Gasteiger partial charge on any atom is -0.484 e. The highest BCUT2D eigenvalue weighted by Gasteiger charge is 2.25.